The third-order valence-electron chi connectivity index (χ3n) is 2.13. The van der Waals surface area contributed by atoms with E-state index in [0.717, 1.165) is 5.92 Å². The van der Waals surface area contributed by atoms with E-state index < -0.39 is 0 Å². The molecule has 1 aliphatic carbocycles. The molecule has 0 heteroatoms. The Morgan fingerprint density at radius 1 is 1.56 bits per heavy atom. The molecule has 0 unspecified atom stereocenters. The molecule has 50 valence electrons. The maximum absolute atomic E-state index is 3.67. The van der Waals surface area contributed by atoms with Gasteiger partial charge in [0.05, 0.1) is 0 Å². The molecular weight excluding hydrogens is 108 g/mol. The van der Waals surface area contributed by atoms with Crippen LogP contribution in [0.25, 0.3) is 0 Å². The van der Waals surface area contributed by atoms with Gasteiger partial charge in [0, 0.05) is 0 Å². The van der Waals surface area contributed by atoms with Crippen LogP contribution in [0.4, 0.5) is 0 Å². The fourth-order valence-electron chi connectivity index (χ4n) is 1.19. The molecule has 0 radical (unpaired) electrons. The van der Waals surface area contributed by atoms with Gasteiger partial charge in [-0.2, -0.15) is 0 Å². The number of rotatable bonds is 2. The highest BCUT2D eigenvalue weighted by molar-refractivity contribution is 5.12. The first-order valence-electron chi connectivity index (χ1n) is 3.64. The molecule has 1 saturated carbocycles. The molecule has 0 heterocycles. The summed E-state index contributed by atoms with van der Waals surface area (Å²) in [4.78, 5) is 0. The highest BCUT2D eigenvalue weighted by atomic mass is 14.2. The van der Waals surface area contributed by atoms with Gasteiger partial charge in [-0.3, -0.25) is 0 Å². The lowest BCUT2D eigenvalue weighted by molar-refractivity contribution is 0.368. The summed E-state index contributed by atoms with van der Waals surface area (Å²) >= 11 is 0. The molecule has 1 fully saturated rings. The lowest BCUT2D eigenvalue weighted by Crippen LogP contribution is -2.11. The summed E-state index contributed by atoms with van der Waals surface area (Å²) in [6, 6.07) is 0. The number of hydrogen-bond acceptors (Lipinski definition) is 0. The highest BCUT2D eigenvalue weighted by Crippen LogP contribution is 2.32. The minimum atomic E-state index is 0.892. The molecule has 0 N–H and O–H groups in total. The predicted octanol–water partition coefficient (Wildman–Crippen LogP) is 2.92. The summed E-state index contributed by atoms with van der Waals surface area (Å²) in [5, 5.41) is 0. The molecule has 0 amide bonds. The van der Waals surface area contributed by atoms with Crippen LogP contribution >= 0.6 is 0 Å². The van der Waals surface area contributed by atoms with Crippen molar-refractivity contribution in [2.24, 2.45) is 5.92 Å². The second-order valence-corrected chi connectivity index (χ2v) is 2.77. The zero-order valence-corrected chi connectivity index (χ0v) is 6.06. The lowest BCUT2D eigenvalue weighted by Gasteiger charge is -2.25. The van der Waals surface area contributed by atoms with Gasteiger partial charge in [-0.25, -0.2) is 0 Å². The van der Waals surface area contributed by atoms with E-state index in [-0.39, 0.29) is 0 Å². The second-order valence-electron chi connectivity index (χ2n) is 2.77. The molecule has 1 aliphatic rings. The van der Waals surface area contributed by atoms with Gasteiger partial charge in [-0.15, -0.1) is 0 Å². The van der Waals surface area contributed by atoms with Crippen molar-refractivity contribution in [1.29, 1.82) is 0 Å². The third kappa shape index (κ3) is 1.44. The van der Waals surface area contributed by atoms with Crippen LogP contribution in [0.3, 0.4) is 0 Å². The third-order valence-corrected chi connectivity index (χ3v) is 2.13. The molecule has 1 rings (SSSR count). The summed E-state index contributed by atoms with van der Waals surface area (Å²) in [5.74, 6) is 0.892. The van der Waals surface area contributed by atoms with Crippen LogP contribution in [-0.4, -0.2) is 0 Å². The first kappa shape index (κ1) is 6.60. The van der Waals surface area contributed by atoms with Crippen LogP contribution in [0.2, 0.25) is 0 Å². The van der Waals surface area contributed by atoms with Crippen molar-refractivity contribution in [3.8, 4) is 0 Å². The molecule has 0 spiro atoms. The first-order valence-corrected chi connectivity index (χ1v) is 3.64. The molecule has 9 heavy (non-hydrogen) atoms. The molecule has 0 atom stereocenters. The molecule has 0 aromatic rings. The standard InChI is InChI=1S/C9H14/c1-3-5-8(2)9-6-4-7-9/h3,5,9H,1,4,6-7H2,2H3/b8-5+. The molecule has 0 aliphatic heterocycles. The van der Waals surface area contributed by atoms with E-state index in [1.165, 1.54) is 24.8 Å². The summed E-state index contributed by atoms with van der Waals surface area (Å²) in [6.45, 7) is 5.86. The molecule has 0 saturated heterocycles. The van der Waals surface area contributed by atoms with Crippen molar-refractivity contribution in [2.75, 3.05) is 0 Å². The zero-order chi connectivity index (χ0) is 6.69. The molecule has 0 bridgehead atoms. The van der Waals surface area contributed by atoms with Crippen LogP contribution < -0.4 is 0 Å². The van der Waals surface area contributed by atoms with Gasteiger partial charge in [0.2, 0.25) is 0 Å². The van der Waals surface area contributed by atoms with Gasteiger partial charge < -0.3 is 0 Å². The summed E-state index contributed by atoms with van der Waals surface area (Å²) in [6.07, 6.45) is 8.23. The van der Waals surface area contributed by atoms with E-state index in [4.69, 9.17) is 0 Å². The molecular formula is C9H14. The monoisotopic (exact) mass is 122 g/mol. The SMILES string of the molecule is C=C/C=C(\C)C1CCC1. The van der Waals surface area contributed by atoms with E-state index >= 15 is 0 Å². The highest BCUT2D eigenvalue weighted by Gasteiger charge is 2.17. The van der Waals surface area contributed by atoms with E-state index in [2.05, 4.69) is 19.6 Å². The summed E-state index contributed by atoms with van der Waals surface area (Å²) < 4.78 is 0. The van der Waals surface area contributed by atoms with Crippen LogP contribution in [0.5, 0.6) is 0 Å². The van der Waals surface area contributed by atoms with Crippen molar-refractivity contribution in [1.82, 2.24) is 0 Å². The predicted molar refractivity (Wildman–Crippen MR) is 41.3 cm³/mol. The number of allylic oxidation sites excluding steroid dienone is 3. The van der Waals surface area contributed by atoms with Crippen LogP contribution in [-0.2, 0) is 0 Å². The van der Waals surface area contributed by atoms with Gasteiger partial charge in [0.25, 0.3) is 0 Å². The van der Waals surface area contributed by atoms with Gasteiger partial charge in [-0.05, 0) is 25.7 Å². The maximum atomic E-state index is 3.67. The smallest absolute Gasteiger partial charge is 0.0203 e. The summed E-state index contributed by atoms with van der Waals surface area (Å²) in [7, 11) is 0. The molecule has 0 aromatic heterocycles. The Morgan fingerprint density at radius 3 is 2.56 bits per heavy atom. The molecule has 0 nitrogen and oxygen atoms in total. The average Bonchev–Trinajstić information content (AvgIpc) is 1.60. The zero-order valence-electron chi connectivity index (χ0n) is 6.06. The Balaban J connectivity index is 2.39. The first-order chi connectivity index (χ1) is 4.34. The molecule has 0 aromatic carbocycles. The van der Waals surface area contributed by atoms with Gasteiger partial charge in [0.15, 0.2) is 0 Å². The normalized spacial score (nSPS) is 21.2. The van der Waals surface area contributed by atoms with Gasteiger partial charge in [-0.1, -0.05) is 30.7 Å². The maximum Gasteiger partial charge on any atom is -0.0203 e. The van der Waals surface area contributed by atoms with Crippen molar-refractivity contribution in [3.05, 3.63) is 24.3 Å². The quantitative estimate of drug-likeness (QED) is 0.494. The Labute approximate surface area is 57.3 Å². The van der Waals surface area contributed by atoms with Crippen LogP contribution in [0, 0.1) is 5.92 Å². The largest absolute Gasteiger partial charge is 0.0991 e. The fourth-order valence-corrected chi connectivity index (χ4v) is 1.19. The Hall–Kier alpha value is -0.520. The van der Waals surface area contributed by atoms with Crippen LogP contribution in [0.1, 0.15) is 26.2 Å². The Bertz CT molecular complexity index is 127. The topological polar surface area (TPSA) is 0 Å². The average molecular weight is 122 g/mol. The lowest BCUT2D eigenvalue weighted by atomic mass is 9.80. The Kier molecular flexibility index (Phi) is 2.10. The van der Waals surface area contributed by atoms with E-state index in [9.17, 15) is 0 Å². The number of hydrogen-bond donors (Lipinski definition) is 0. The van der Waals surface area contributed by atoms with Crippen LogP contribution in [0.15, 0.2) is 24.3 Å². The summed E-state index contributed by atoms with van der Waals surface area (Å²) in [5.41, 5.74) is 1.51. The van der Waals surface area contributed by atoms with E-state index in [0.29, 0.717) is 0 Å². The minimum absolute atomic E-state index is 0.892. The van der Waals surface area contributed by atoms with E-state index in [1.54, 1.807) is 0 Å². The van der Waals surface area contributed by atoms with Crippen molar-refractivity contribution in [2.45, 2.75) is 26.2 Å². The van der Waals surface area contributed by atoms with Gasteiger partial charge in [0.1, 0.15) is 0 Å². The second kappa shape index (κ2) is 2.86. The Morgan fingerprint density at radius 2 is 2.22 bits per heavy atom. The van der Waals surface area contributed by atoms with Crippen molar-refractivity contribution < 1.29 is 0 Å². The van der Waals surface area contributed by atoms with Gasteiger partial charge >= 0.3 is 0 Å². The van der Waals surface area contributed by atoms with E-state index in [1.807, 2.05) is 6.08 Å². The fraction of sp³-hybridized carbons (Fsp3) is 0.556. The van der Waals surface area contributed by atoms with Crippen molar-refractivity contribution in [3.63, 3.8) is 0 Å². The van der Waals surface area contributed by atoms with Crippen molar-refractivity contribution >= 4 is 0 Å². The minimum Gasteiger partial charge on any atom is -0.0991 e.